The van der Waals surface area contributed by atoms with Crippen molar-refractivity contribution in [2.24, 2.45) is 5.92 Å². The summed E-state index contributed by atoms with van der Waals surface area (Å²) < 4.78 is 27.4. The third-order valence-electron chi connectivity index (χ3n) is 4.40. The van der Waals surface area contributed by atoms with Gasteiger partial charge in [-0.05, 0) is 46.1 Å². The highest BCUT2D eigenvalue weighted by Gasteiger charge is 2.23. The minimum atomic E-state index is -3.32. The van der Waals surface area contributed by atoms with Crippen molar-refractivity contribution in [1.82, 2.24) is 14.5 Å². The van der Waals surface area contributed by atoms with E-state index in [2.05, 4.69) is 51.6 Å². The molecule has 0 aliphatic heterocycles. The zero-order chi connectivity index (χ0) is 18.3. The molecule has 0 bridgehead atoms. The van der Waals surface area contributed by atoms with Crippen LogP contribution >= 0.6 is 0 Å². The highest BCUT2D eigenvalue weighted by atomic mass is 32.2. The molecule has 0 aliphatic rings. The molecule has 0 fully saturated rings. The Morgan fingerprint density at radius 2 is 1.88 bits per heavy atom. The lowest BCUT2D eigenvalue weighted by Gasteiger charge is -2.22. The summed E-state index contributed by atoms with van der Waals surface area (Å²) in [6.07, 6.45) is 5.36. The molecule has 0 saturated carbocycles. The van der Waals surface area contributed by atoms with Crippen molar-refractivity contribution in [2.75, 3.05) is 12.8 Å². The first kappa shape index (κ1) is 21.2. The van der Waals surface area contributed by atoms with Gasteiger partial charge in [0.25, 0.3) is 0 Å². The molecular formula is C18H35N3O2S. The molecule has 5 nitrogen and oxygen atoms in total. The first-order valence-electron chi connectivity index (χ1n) is 9.16. The van der Waals surface area contributed by atoms with Crippen LogP contribution < -0.4 is 0 Å². The van der Waals surface area contributed by atoms with E-state index >= 15 is 0 Å². The van der Waals surface area contributed by atoms with E-state index in [0.717, 1.165) is 38.0 Å². The van der Waals surface area contributed by atoms with Crippen molar-refractivity contribution in [1.29, 1.82) is 0 Å². The summed E-state index contributed by atoms with van der Waals surface area (Å²) in [7, 11) is -1.26. The van der Waals surface area contributed by atoms with E-state index in [9.17, 15) is 8.42 Å². The van der Waals surface area contributed by atoms with Crippen molar-refractivity contribution in [3.63, 3.8) is 0 Å². The molecule has 140 valence electrons. The lowest BCUT2D eigenvalue weighted by Crippen LogP contribution is -2.27. The van der Waals surface area contributed by atoms with Crippen LogP contribution in [0.3, 0.4) is 0 Å². The second-order valence-electron chi connectivity index (χ2n) is 7.40. The van der Waals surface area contributed by atoms with Crippen LogP contribution in [-0.4, -0.2) is 41.7 Å². The molecule has 6 heteroatoms. The van der Waals surface area contributed by atoms with Crippen LogP contribution in [0.1, 0.15) is 66.0 Å². The summed E-state index contributed by atoms with van der Waals surface area (Å²) in [6, 6.07) is 0.408. The Hall–Kier alpha value is -0.880. The van der Waals surface area contributed by atoms with E-state index < -0.39 is 9.84 Å². The van der Waals surface area contributed by atoms with Crippen LogP contribution in [0.25, 0.3) is 0 Å². The predicted molar refractivity (Wildman–Crippen MR) is 99.9 cm³/mol. The van der Waals surface area contributed by atoms with Gasteiger partial charge in [-0.2, -0.15) is 0 Å². The number of unbranched alkanes of at least 4 members (excludes halogenated alkanes) is 1. The Balaban J connectivity index is 3.02. The van der Waals surface area contributed by atoms with Crippen LogP contribution in [0.2, 0.25) is 0 Å². The SMILES string of the molecule is CCCCn1c(CN(C)C(C)C)cnc1S(=O)(=O)CCCC(C)C. The zero-order valence-corrected chi connectivity index (χ0v) is 17.1. The van der Waals surface area contributed by atoms with Crippen LogP contribution in [0.15, 0.2) is 11.4 Å². The van der Waals surface area contributed by atoms with Gasteiger partial charge in [0.2, 0.25) is 15.0 Å². The molecule has 24 heavy (non-hydrogen) atoms. The smallest absolute Gasteiger partial charge is 0.227 e. The number of aromatic nitrogens is 2. The Morgan fingerprint density at radius 3 is 2.42 bits per heavy atom. The standard InChI is InChI=1S/C18H35N3O2S/c1-7-8-11-21-17(14-20(6)16(4)5)13-19-18(21)24(22,23)12-9-10-15(2)3/h13,15-16H,7-12,14H2,1-6H3. The number of rotatable bonds is 11. The second kappa shape index (κ2) is 9.56. The molecule has 0 N–H and O–H groups in total. The average Bonchev–Trinajstić information content (AvgIpc) is 2.87. The maximum absolute atomic E-state index is 12.7. The van der Waals surface area contributed by atoms with Crippen molar-refractivity contribution >= 4 is 9.84 Å². The fourth-order valence-electron chi connectivity index (χ4n) is 2.53. The normalized spacial score (nSPS) is 12.7. The fraction of sp³-hybridized carbons (Fsp3) is 0.833. The first-order chi connectivity index (χ1) is 11.2. The molecule has 0 atom stereocenters. The summed E-state index contributed by atoms with van der Waals surface area (Å²) in [5, 5.41) is 0.256. The number of hydrogen-bond acceptors (Lipinski definition) is 4. The predicted octanol–water partition coefficient (Wildman–Crippen LogP) is 3.73. The van der Waals surface area contributed by atoms with Crippen LogP contribution in [-0.2, 0) is 22.9 Å². The topological polar surface area (TPSA) is 55.2 Å². The summed E-state index contributed by atoms with van der Waals surface area (Å²) in [5.41, 5.74) is 0.988. The monoisotopic (exact) mass is 357 g/mol. The molecule has 0 radical (unpaired) electrons. The van der Waals surface area contributed by atoms with E-state index in [0.29, 0.717) is 18.4 Å². The lowest BCUT2D eigenvalue weighted by atomic mass is 10.1. The molecule has 1 aromatic rings. The maximum Gasteiger partial charge on any atom is 0.227 e. The van der Waals surface area contributed by atoms with Gasteiger partial charge in [0.05, 0.1) is 17.6 Å². The first-order valence-corrected chi connectivity index (χ1v) is 10.8. The molecule has 0 amide bonds. The van der Waals surface area contributed by atoms with Crippen LogP contribution in [0.5, 0.6) is 0 Å². The summed E-state index contributed by atoms with van der Waals surface area (Å²) >= 11 is 0. The van der Waals surface area contributed by atoms with Crippen molar-refractivity contribution in [2.45, 2.75) is 84.6 Å². The Kier molecular flexibility index (Phi) is 8.43. The molecule has 0 spiro atoms. The van der Waals surface area contributed by atoms with Crippen LogP contribution in [0, 0.1) is 5.92 Å². The van der Waals surface area contributed by atoms with Gasteiger partial charge in [0.15, 0.2) is 0 Å². The van der Waals surface area contributed by atoms with E-state index in [1.54, 1.807) is 6.20 Å². The number of hydrogen-bond donors (Lipinski definition) is 0. The zero-order valence-electron chi connectivity index (χ0n) is 16.2. The summed E-state index contributed by atoms with van der Waals surface area (Å²) in [4.78, 5) is 6.50. The van der Waals surface area contributed by atoms with Crippen LogP contribution in [0.4, 0.5) is 0 Å². The third kappa shape index (κ3) is 6.20. The second-order valence-corrected chi connectivity index (χ2v) is 9.40. The van der Waals surface area contributed by atoms with Gasteiger partial charge in [-0.3, -0.25) is 4.90 Å². The summed E-state index contributed by atoms with van der Waals surface area (Å²) in [6.45, 7) is 12.1. The van der Waals surface area contributed by atoms with Gasteiger partial charge in [-0.15, -0.1) is 0 Å². The van der Waals surface area contributed by atoms with Crippen molar-refractivity contribution in [3.05, 3.63) is 11.9 Å². The molecular weight excluding hydrogens is 322 g/mol. The molecule has 0 aliphatic carbocycles. The molecule has 1 heterocycles. The minimum absolute atomic E-state index is 0.188. The number of sulfone groups is 1. The largest absolute Gasteiger partial charge is 0.318 e. The highest BCUT2D eigenvalue weighted by molar-refractivity contribution is 7.91. The molecule has 1 aromatic heterocycles. The van der Waals surface area contributed by atoms with E-state index in [4.69, 9.17) is 0 Å². The number of imidazole rings is 1. The molecule has 1 rings (SSSR count). The Labute approximate surface area is 148 Å². The molecule has 0 saturated heterocycles. The lowest BCUT2D eigenvalue weighted by molar-refractivity contribution is 0.257. The van der Waals surface area contributed by atoms with E-state index in [1.807, 2.05) is 4.57 Å². The summed E-state index contributed by atoms with van der Waals surface area (Å²) in [5.74, 6) is 0.712. The highest BCUT2D eigenvalue weighted by Crippen LogP contribution is 2.18. The van der Waals surface area contributed by atoms with Gasteiger partial charge < -0.3 is 4.57 Å². The van der Waals surface area contributed by atoms with Gasteiger partial charge in [0, 0.05) is 19.1 Å². The van der Waals surface area contributed by atoms with Gasteiger partial charge in [-0.1, -0.05) is 27.2 Å². The van der Waals surface area contributed by atoms with Gasteiger partial charge in [-0.25, -0.2) is 13.4 Å². The molecule has 0 unspecified atom stereocenters. The third-order valence-corrected chi connectivity index (χ3v) is 6.11. The van der Waals surface area contributed by atoms with E-state index in [-0.39, 0.29) is 10.9 Å². The Morgan fingerprint density at radius 1 is 1.21 bits per heavy atom. The van der Waals surface area contributed by atoms with Crippen molar-refractivity contribution in [3.8, 4) is 0 Å². The number of nitrogens with zero attached hydrogens (tertiary/aromatic N) is 3. The average molecular weight is 358 g/mol. The van der Waals surface area contributed by atoms with Gasteiger partial charge in [0.1, 0.15) is 0 Å². The van der Waals surface area contributed by atoms with Crippen molar-refractivity contribution < 1.29 is 8.42 Å². The maximum atomic E-state index is 12.7. The van der Waals surface area contributed by atoms with E-state index in [1.165, 1.54) is 0 Å². The molecule has 0 aromatic carbocycles. The van der Waals surface area contributed by atoms with Gasteiger partial charge >= 0.3 is 0 Å². The minimum Gasteiger partial charge on any atom is -0.318 e. The fourth-order valence-corrected chi connectivity index (χ4v) is 4.02. The Bertz CT molecular complexity index is 591. The quantitative estimate of drug-likeness (QED) is 0.605.